The molecule has 2 rings (SSSR count). The summed E-state index contributed by atoms with van der Waals surface area (Å²) in [5.74, 6) is 1.05. The first kappa shape index (κ1) is 17.5. The SMILES string of the molecule is CCCC(CCC)C(=O)NCc1ccc(Oc2nccs2)cc1. The zero-order chi connectivity index (χ0) is 16.5. The van der Waals surface area contributed by atoms with Gasteiger partial charge in [0.15, 0.2) is 0 Å². The number of hydrogen-bond donors (Lipinski definition) is 1. The van der Waals surface area contributed by atoms with Gasteiger partial charge in [-0.2, -0.15) is 0 Å². The molecule has 5 heteroatoms. The smallest absolute Gasteiger partial charge is 0.278 e. The van der Waals surface area contributed by atoms with E-state index in [0.29, 0.717) is 11.7 Å². The maximum absolute atomic E-state index is 12.2. The number of rotatable bonds is 9. The van der Waals surface area contributed by atoms with Gasteiger partial charge in [-0.05, 0) is 30.5 Å². The van der Waals surface area contributed by atoms with Crippen LogP contribution in [0.25, 0.3) is 0 Å². The summed E-state index contributed by atoms with van der Waals surface area (Å²) in [5.41, 5.74) is 1.07. The van der Waals surface area contributed by atoms with E-state index < -0.39 is 0 Å². The van der Waals surface area contributed by atoms with E-state index in [-0.39, 0.29) is 11.8 Å². The third-order valence-corrected chi connectivity index (χ3v) is 4.30. The summed E-state index contributed by atoms with van der Waals surface area (Å²) in [6.45, 7) is 4.80. The van der Waals surface area contributed by atoms with E-state index in [1.165, 1.54) is 11.3 Å². The molecule has 1 heterocycles. The fraction of sp³-hybridized carbons (Fsp3) is 0.444. The third-order valence-electron chi connectivity index (χ3n) is 3.65. The van der Waals surface area contributed by atoms with Crippen molar-refractivity contribution in [3.05, 3.63) is 41.4 Å². The number of ether oxygens (including phenoxy) is 1. The van der Waals surface area contributed by atoms with Crippen molar-refractivity contribution in [2.24, 2.45) is 5.92 Å². The van der Waals surface area contributed by atoms with Crippen LogP contribution in [0.3, 0.4) is 0 Å². The van der Waals surface area contributed by atoms with Gasteiger partial charge in [-0.25, -0.2) is 4.98 Å². The lowest BCUT2D eigenvalue weighted by molar-refractivity contribution is -0.125. The van der Waals surface area contributed by atoms with Gasteiger partial charge < -0.3 is 10.1 Å². The Labute approximate surface area is 141 Å². The van der Waals surface area contributed by atoms with Gasteiger partial charge in [0.2, 0.25) is 5.91 Å². The maximum atomic E-state index is 12.2. The van der Waals surface area contributed by atoms with Gasteiger partial charge in [0.25, 0.3) is 5.19 Å². The number of thiazole rings is 1. The Bertz CT molecular complexity index is 576. The lowest BCUT2D eigenvalue weighted by atomic mass is 9.97. The molecule has 4 nitrogen and oxygen atoms in total. The monoisotopic (exact) mass is 332 g/mol. The van der Waals surface area contributed by atoms with Crippen LogP contribution in [0.4, 0.5) is 0 Å². The Kier molecular flexibility index (Phi) is 7.07. The zero-order valence-electron chi connectivity index (χ0n) is 13.7. The zero-order valence-corrected chi connectivity index (χ0v) is 14.6. The second-order valence-corrected chi connectivity index (χ2v) is 6.39. The first-order valence-corrected chi connectivity index (χ1v) is 9.04. The van der Waals surface area contributed by atoms with Crippen molar-refractivity contribution >= 4 is 17.2 Å². The van der Waals surface area contributed by atoms with E-state index in [0.717, 1.165) is 37.0 Å². The van der Waals surface area contributed by atoms with Crippen molar-refractivity contribution in [2.45, 2.75) is 46.1 Å². The summed E-state index contributed by atoms with van der Waals surface area (Å²) < 4.78 is 5.62. The molecule has 1 aromatic carbocycles. The van der Waals surface area contributed by atoms with Crippen molar-refractivity contribution < 1.29 is 9.53 Å². The van der Waals surface area contributed by atoms with Gasteiger partial charge in [-0.15, -0.1) is 0 Å². The highest BCUT2D eigenvalue weighted by Gasteiger charge is 2.15. The van der Waals surface area contributed by atoms with Crippen LogP contribution >= 0.6 is 11.3 Å². The molecule has 0 bridgehead atoms. The van der Waals surface area contributed by atoms with Gasteiger partial charge in [0, 0.05) is 24.0 Å². The minimum absolute atomic E-state index is 0.137. The number of benzene rings is 1. The Balaban J connectivity index is 1.84. The van der Waals surface area contributed by atoms with Crippen molar-refractivity contribution in [1.82, 2.24) is 10.3 Å². The Morgan fingerprint density at radius 1 is 1.22 bits per heavy atom. The quantitative estimate of drug-likeness (QED) is 0.720. The molecule has 0 aliphatic carbocycles. The number of amides is 1. The molecule has 0 saturated heterocycles. The number of nitrogens with one attached hydrogen (secondary N) is 1. The normalized spacial score (nSPS) is 10.7. The highest BCUT2D eigenvalue weighted by Crippen LogP contribution is 2.23. The number of aromatic nitrogens is 1. The first-order valence-electron chi connectivity index (χ1n) is 8.17. The summed E-state index contributed by atoms with van der Waals surface area (Å²) in [4.78, 5) is 16.3. The van der Waals surface area contributed by atoms with E-state index in [1.807, 2.05) is 29.6 Å². The molecule has 23 heavy (non-hydrogen) atoms. The molecule has 0 unspecified atom stereocenters. The Hall–Kier alpha value is -1.88. The number of hydrogen-bond acceptors (Lipinski definition) is 4. The standard InChI is InChI=1S/C18H24N2O2S/c1-3-5-15(6-4-2)17(21)20-13-14-7-9-16(10-8-14)22-18-19-11-12-23-18/h7-12,15H,3-6,13H2,1-2H3,(H,20,21). The van der Waals surface area contributed by atoms with Crippen LogP contribution in [0.15, 0.2) is 35.8 Å². The number of carbonyl (C=O) groups excluding carboxylic acids is 1. The molecule has 1 aromatic heterocycles. The molecular formula is C18H24N2O2S. The minimum Gasteiger partial charge on any atom is -0.431 e. The molecule has 0 aliphatic heterocycles. The highest BCUT2D eigenvalue weighted by atomic mass is 32.1. The number of nitrogens with zero attached hydrogens (tertiary/aromatic N) is 1. The summed E-state index contributed by atoms with van der Waals surface area (Å²) in [6.07, 6.45) is 5.72. The van der Waals surface area contributed by atoms with Crippen LogP contribution in [-0.2, 0) is 11.3 Å². The van der Waals surface area contributed by atoms with Crippen LogP contribution in [0, 0.1) is 5.92 Å². The minimum atomic E-state index is 0.137. The average Bonchev–Trinajstić information content (AvgIpc) is 3.07. The largest absolute Gasteiger partial charge is 0.431 e. The van der Waals surface area contributed by atoms with Crippen molar-refractivity contribution in [2.75, 3.05) is 0 Å². The van der Waals surface area contributed by atoms with Gasteiger partial charge in [-0.1, -0.05) is 50.2 Å². The van der Waals surface area contributed by atoms with E-state index in [4.69, 9.17) is 4.74 Å². The predicted octanol–water partition coefficient (Wildman–Crippen LogP) is 4.77. The van der Waals surface area contributed by atoms with Gasteiger partial charge in [0.1, 0.15) is 5.75 Å². The van der Waals surface area contributed by atoms with Gasteiger partial charge in [-0.3, -0.25) is 4.79 Å². The van der Waals surface area contributed by atoms with Crippen LogP contribution in [0.1, 0.15) is 45.1 Å². The molecular weight excluding hydrogens is 308 g/mol. The average molecular weight is 332 g/mol. The fourth-order valence-electron chi connectivity index (χ4n) is 2.47. The van der Waals surface area contributed by atoms with Crippen LogP contribution < -0.4 is 10.1 Å². The summed E-state index contributed by atoms with van der Waals surface area (Å²) >= 11 is 1.46. The van der Waals surface area contributed by atoms with Crippen molar-refractivity contribution in [3.63, 3.8) is 0 Å². The molecule has 1 N–H and O–H groups in total. The van der Waals surface area contributed by atoms with Gasteiger partial charge in [0.05, 0.1) is 0 Å². The Morgan fingerprint density at radius 3 is 2.48 bits per heavy atom. The molecule has 0 radical (unpaired) electrons. The van der Waals surface area contributed by atoms with Crippen molar-refractivity contribution in [3.8, 4) is 10.9 Å². The summed E-state index contributed by atoms with van der Waals surface area (Å²) in [6, 6.07) is 7.74. The highest BCUT2D eigenvalue weighted by molar-refractivity contribution is 7.11. The van der Waals surface area contributed by atoms with E-state index in [1.54, 1.807) is 6.20 Å². The van der Waals surface area contributed by atoms with Crippen molar-refractivity contribution in [1.29, 1.82) is 0 Å². The van der Waals surface area contributed by atoms with Crippen LogP contribution in [0.2, 0.25) is 0 Å². The third kappa shape index (κ3) is 5.67. The first-order chi connectivity index (χ1) is 11.2. The second-order valence-electron chi connectivity index (χ2n) is 5.54. The van der Waals surface area contributed by atoms with E-state index in [2.05, 4.69) is 24.1 Å². The predicted molar refractivity (Wildman–Crippen MR) is 93.8 cm³/mol. The fourth-order valence-corrected chi connectivity index (χ4v) is 2.98. The lowest BCUT2D eigenvalue weighted by Gasteiger charge is -2.15. The molecule has 0 fully saturated rings. The molecule has 0 atom stereocenters. The Morgan fingerprint density at radius 2 is 1.91 bits per heavy atom. The molecule has 124 valence electrons. The topological polar surface area (TPSA) is 51.2 Å². The molecule has 0 spiro atoms. The molecule has 0 saturated carbocycles. The van der Waals surface area contributed by atoms with E-state index >= 15 is 0 Å². The molecule has 1 amide bonds. The van der Waals surface area contributed by atoms with Gasteiger partial charge >= 0.3 is 0 Å². The molecule has 2 aromatic rings. The summed E-state index contributed by atoms with van der Waals surface area (Å²) in [7, 11) is 0. The molecule has 0 aliphatic rings. The van der Waals surface area contributed by atoms with Crippen LogP contribution in [-0.4, -0.2) is 10.9 Å². The maximum Gasteiger partial charge on any atom is 0.278 e. The van der Waals surface area contributed by atoms with E-state index in [9.17, 15) is 4.79 Å². The lowest BCUT2D eigenvalue weighted by Crippen LogP contribution is -2.30. The number of carbonyl (C=O) groups is 1. The second kappa shape index (κ2) is 9.30. The summed E-state index contributed by atoms with van der Waals surface area (Å²) in [5, 5.41) is 5.55. The van der Waals surface area contributed by atoms with Crippen LogP contribution in [0.5, 0.6) is 10.9 Å².